The van der Waals surface area contributed by atoms with Crippen molar-refractivity contribution in [3.8, 4) is 28.6 Å². The highest BCUT2D eigenvalue weighted by molar-refractivity contribution is 7.71. The van der Waals surface area contributed by atoms with E-state index in [0.29, 0.717) is 46.0 Å². The largest absolute Gasteiger partial charge is 0.496 e. The molecule has 2 N–H and O–H groups in total. The van der Waals surface area contributed by atoms with Gasteiger partial charge < -0.3 is 19.6 Å². The summed E-state index contributed by atoms with van der Waals surface area (Å²) in [6, 6.07) is 20.9. The van der Waals surface area contributed by atoms with Crippen LogP contribution in [0.25, 0.3) is 11.4 Å². The number of aromatic nitrogens is 3. The molecule has 0 unspecified atom stereocenters. The average Bonchev–Trinajstić information content (AvgIpc) is 3.22. The van der Waals surface area contributed by atoms with Crippen molar-refractivity contribution in [3.05, 3.63) is 87.7 Å². The van der Waals surface area contributed by atoms with E-state index in [-0.39, 0.29) is 0 Å². The summed E-state index contributed by atoms with van der Waals surface area (Å²) < 4.78 is 19.3. The first-order chi connectivity index (χ1) is 16.1. The van der Waals surface area contributed by atoms with Crippen LogP contribution in [-0.4, -0.2) is 29.1 Å². The van der Waals surface area contributed by atoms with Crippen LogP contribution < -0.4 is 19.6 Å². The van der Waals surface area contributed by atoms with Gasteiger partial charge in [0.15, 0.2) is 17.3 Å². The van der Waals surface area contributed by atoms with Gasteiger partial charge in [-0.2, -0.15) is 5.10 Å². The van der Waals surface area contributed by atoms with Crippen molar-refractivity contribution >= 4 is 23.8 Å². The van der Waals surface area contributed by atoms with Crippen LogP contribution >= 0.6 is 23.8 Å². The Morgan fingerprint density at radius 3 is 2.42 bits per heavy atom. The second-order valence-corrected chi connectivity index (χ2v) is 7.85. The average molecular weight is 483 g/mol. The molecule has 33 heavy (non-hydrogen) atoms. The summed E-state index contributed by atoms with van der Waals surface area (Å²) >= 11 is 11.7. The molecule has 1 heterocycles. The van der Waals surface area contributed by atoms with E-state index in [2.05, 4.69) is 15.6 Å². The molecule has 4 rings (SSSR count). The summed E-state index contributed by atoms with van der Waals surface area (Å²) in [5.74, 6) is 2.56. The zero-order chi connectivity index (χ0) is 23.2. The number of rotatable bonds is 9. The summed E-state index contributed by atoms with van der Waals surface area (Å²) in [4.78, 5) is 0. The predicted molar refractivity (Wildman–Crippen MR) is 131 cm³/mol. The van der Waals surface area contributed by atoms with E-state index in [9.17, 15) is 0 Å². The SMILES string of the molecule is COc1ccccc1-c1n[nH]c(=S)n1NCc1cccc(OC)c1OCc1ccccc1Cl. The predicted octanol–water partition coefficient (Wildman–Crippen LogP) is 5.60. The van der Waals surface area contributed by atoms with Gasteiger partial charge in [0.1, 0.15) is 12.4 Å². The molecule has 0 aliphatic heterocycles. The Labute approximate surface area is 201 Å². The lowest BCUT2D eigenvalue weighted by atomic mass is 10.1. The normalized spacial score (nSPS) is 10.6. The van der Waals surface area contributed by atoms with Crippen molar-refractivity contribution in [2.75, 3.05) is 19.6 Å². The molecular weight excluding hydrogens is 460 g/mol. The monoisotopic (exact) mass is 482 g/mol. The number of nitrogens with zero attached hydrogens (tertiary/aromatic N) is 2. The van der Waals surface area contributed by atoms with Crippen LogP contribution in [0.1, 0.15) is 11.1 Å². The Hall–Kier alpha value is -3.49. The number of nitrogens with one attached hydrogen (secondary N) is 2. The fraction of sp³-hybridized carbons (Fsp3) is 0.167. The van der Waals surface area contributed by atoms with Gasteiger partial charge in [0, 0.05) is 16.1 Å². The first kappa shape index (κ1) is 22.7. The summed E-state index contributed by atoms with van der Waals surface area (Å²) in [6.45, 7) is 0.718. The maximum absolute atomic E-state index is 6.29. The van der Waals surface area contributed by atoms with E-state index >= 15 is 0 Å². The molecule has 0 saturated heterocycles. The van der Waals surface area contributed by atoms with Gasteiger partial charge >= 0.3 is 0 Å². The van der Waals surface area contributed by atoms with E-state index in [1.165, 1.54) is 0 Å². The van der Waals surface area contributed by atoms with Gasteiger partial charge in [0.05, 0.1) is 26.3 Å². The van der Waals surface area contributed by atoms with E-state index in [1.54, 1.807) is 18.9 Å². The molecular formula is C24H23ClN4O3S. The molecule has 0 atom stereocenters. The molecule has 0 spiro atoms. The smallest absolute Gasteiger partial charge is 0.214 e. The van der Waals surface area contributed by atoms with Gasteiger partial charge in [-0.15, -0.1) is 0 Å². The molecule has 1 aromatic heterocycles. The van der Waals surface area contributed by atoms with Crippen LogP contribution in [0.15, 0.2) is 66.7 Å². The summed E-state index contributed by atoms with van der Waals surface area (Å²) in [5, 5.41) is 7.87. The second kappa shape index (κ2) is 10.4. The van der Waals surface area contributed by atoms with Gasteiger partial charge in [0.25, 0.3) is 0 Å². The van der Waals surface area contributed by atoms with Crippen molar-refractivity contribution in [2.45, 2.75) is 13.2 Å². The number of methoxy groups -OCH3 is 2. The standard InChI is InChI=1S/C24H23ClN4O3S/c1-30-20-12-6-4-10-18(20)23-27-28-24(33)29(23)26-14-16-9-7-13-21(31-2)22(16)32-15-17-8-3-5-11-19(17)25/h3-13,26H,14-15H2,1-2H3,(H,28,33). The van der Waals surface area contributed by atoms with Crippen molar-refractivity contribution in [1.29, 1.82) is 0 Å². The minimum atomic E-state index is 0.310. The number of hydrogen-bond acceptors (Lipinski definition) is 6. The van der Waals surface area contributed by atoms with E-state index < -0.39 is 0 Å². The lowest BCUT2D eigenvalue weighted by molar-refractivity contribution is 0.281. The Kier molecular flexibility index (Phi) is 7.16. The number of aromatic amines is 1. The molecule has 4 aromatic rings. The molecule has 9 heteroatoms. The molecule has 0 fully saturated rings. The van der Waals surface area contributed by atoms with E-state index in [1.807, 2.05) is 66.7 Å². The van der Waals surface area contributed by atoms with Crippen LogP contribution in [0.3, 0.4) is 0 Å². The van der Waals surface area contributed by atoms with Crippen LogP contribution in [-0.2, 0) is 13.2 Å². The zero-order valence-electron chi connectivity index (χ0n) is 18.2. The van der Waals surface area contributed by atoms with Crippen molar-refractivity contribution < 1.29 is 14.2 Å². The fourth-order valence-corrected chi connectivity index (χ4v) is 3.80. The molecule has 7 nitrogen and oxygen atoms in total. The number of halogens is 1. The first-order valence-electron chi connectivity index (χ1n) is 10.2. The van der Waals surface area contributed by atoms with Gasteiger partial charge in [-0.1, -0.05) is 54.1 Å². The number of hydrogen-bond donors (Lipinski definition) is 2. The van der Waals surface area contributed by atoms with Crippen molar-refractivity contribution in [3.63, 3.8) is 0 Å². The summed E-state index contributed by atoms with van der Waals surface area (Å²) in [6.07, 6.45) is 0. The third-order valence-electron chi connectivity index (χ3n) is 5.06. The Balaban J connectivity index is 1.60. The second-order valence-electron chi connectivity index (χ2n) is 7.05. The zero-order valence-corrected chi connectivity index (χ0v) is 19.7. The van der Waals surface area contributed by atoms with Crippen molar-refractivity contribution in [2.24, 2.45) is 0 Å². The van der Waals surface area contributed by atoms with Crippen LogP contribution in [0.2, 0.25) is 5.02 Å². The van der Waals surface area contributed by atoms with Crippen molar-refractivity contribution in [1.82, 2.24) is 14.9 Å². The minimum absolute atomic E-state index is 0.310. The van der Waals surface area contributed by atoms with Gasteiger partial charge in [-0.05, 0) is 36.5 Å². The minimum Gasteiger partial charge on any atom is -0.496 e. The van der Waals surface area contributed by atoms with Gasteiger partial charge in [-0.3, -0.25) is 0 Å². The van der Waals surface area contributed by atoms with Gasteiger partial charge in [0.2, 0.25) is 4.77 Å². The maximum Gasteiger partial charge on any atom is 0.214 e. The summed E-state index contributed by atoms with van der Waals surface area (Å²) in [7, 11) is 3.23. The van der Waals surface area contributed by atoms with Crippen LogP contribution in [0, 0.1) is 4.77 Å². The molecule has 0 aliphatic rings. The molecule has 0 amide bonds. The fourth-order valence-electron chi connectivity index (χ4n) is 3.41. The highest BCUT2D eigenvalue weighted by atomic mass is 35.5. The highest BCUT2D eigenvalue weighted by Gasteiger charge is 2.16. The lowest BCUT2D eigenvalue weighted by Crippen LogP contribution is -2.17. The van der Waals surface area contributed by atoms with Gasteiger partial charge in [-0.25, -0.2) is 9.77 Å². The molecule has 0 aliphatic carbocycles. The molecule has 0 saturated carbocycles. The number of H-pyrrole nitrogens is 1. The van der Waals surface area contributed by atoms with E-state index in [4.69, 9.17) is 38.0 Å². The Bertz CT molecular complexity index is 1300. The maximum atomic E-state index is 6.29. The molecule has 0 bridgehead atoms. The van der Waals surface area contributed by atoms with E-state index in [0.717, 1.165) is 16.7 Å². The Morgan fingerprint density at radius 2 is 1.64 bits per heavy atom. The third kappa shape index (κ3) is 4.97. The number of ether oxygens (including phenoxy) is 3. The lowest BCUT2D eigenvalue weighted by Gasteiger charge is -2.17. The number of para-hydroxylation sites is 2. The quantitative estimate of drug-likeness (QED) is 0.302. The highest BCUT2D eigenvalue weighted by Crippen LogP contribution is 2.33. The first-order valence-corrected chi connectivity index (χ1v) is 11.0. The topological polar surface area (TPSA) is 73.3 Å². The Morgan fingerprint density at radius 1 is 0.939 bits per heavy atom. The van der Waals surface area contributed by atoms with Crippen LogP contribution in [0.5, 0.6) is 17.2 Å². The molecule has 170 valence electrons. The molecule has 0 radical (unpaired) electrons. The molecule has 3 aromatic carbocycles. The van der Waals surface area contributed by atoms with Crippen LogP contribution in [0.4, 0.5) is 0 Å². The third-order valence-corrected chi connectivity index (χ3v) is 5.70. The summed E-state index contributed by atoms with van der Waals surface area (Å²) in [5.41, 5.74) is 5.91. The number of benzene rings is 3.